The van der Waals surface area contributed by atoms with Gasteiger partial charge in [0, 0.05) is 24.8 Å². The average Bonchev–Trinajstić information content (AvgIpc) is 3.13. The zero-order valence-corrected chi connectivity index (χ0v) is 17.1. The molecule has 0 radical (unpaired) electrons. The smallest absolute Gasteiger partial charge is 0.351 e. The zero-order chi connectivity index (χ0) is 20.6. The molecule has 3 aromatic rings. The van der Waals surface area contributed by atoms with Gasteiger partial charge in [0.1, 0.15) is 15.9 Å². The van der Waals surface area contributed by atoms with E-state index < -0.39 is 17.0 Å². The third-order valence-corrected chi connectivity index (χ3v) is 5.03. The van der Waals surface area contributed by atoms with Crippen molar-refractivity contribution in [2.24, 2.45) is 0 Å². The van der Waals surface area contributed by atoms with Gasteiger partial charge in [-0.15, -0.1) is 0 Å². The van der Waals surface area contributed by atoms with Gasteiger partial charge in [-0.3, -0.25) is 9.48 Å². The second-order valence-corrected chi connectivity index (χ2v) is 7.31. The van der Waals surface area contributed by atoms with Crippen LogP contribution in [0.5, 0.6) is 0 Å². The molecule has 1 amide bonds. The van der Waals surface area contributed by atoms with Gasteiger partial charge in [-0.1, -0.05) is 23.2 Å². The van der Waals surface area contributed by atoms with Crippen LogP contribution in [0.25, 0.3) is 5.65 Å². The number of nitrogens with one attached hydrogen (secondary N) is 1. The van der Waals surface area contributed by atoms with E-state index in [4.69, 9.17) is 34.8 Å². The second kappa shape index (κ2) is 7.81. The first-order chi connectivity index (χ1) is 13.1. The van der Waals surface area contributed by atoms with E-state index in [1.54, 1.807) is 13.8 Å². The Labute approximate surface area is 173 Å². The van der Waals surface area contributed by atoms with Gasteiger partial charge >= 0.3 is 5.38 Å². The van der Waals surface area contributed by atoms with Crippen LogP contribution in [-0.4, -0.2) is 36.8 Å². The third-order valence-electron chi connectivity index (χ3n) is 3.91. The molecule has 0 unspecified atom stereocenters. The predicted octanol–water partition coefficient (Wildman–Crippen LogP) is 3.96. The highest BCUT2D eigenvalue weighted by molar-refractivity contribution is 6.41. The summed E-state index contributed by atoms with van der Waals surface area (Å²) < 4.78 is 29.6. The lowest BCUT2D eigenvalue weighted by Gasteiger charge is -2.10. The number of aromatic nitrogens is 5. The van der Waals surface area contributed by atoms with Crippen molar-refractivity contribution in [2.45, 2.75) is 32.2 Å². The average molecular weight is 452 g/mol. The molecule has 0 aliphatic rings. The summed E-state index contributed by atoms with van der Waals surface area (Å²) in [6, 6.07) is 2.44. The van der Waals surface area contributed by atoms with E-state index >= 15 is 0 Å². The summed E-state index contributed by atoms with van der Waals surface area (Å²) in [5.74, 6) is -0.521. The first-order valence-electron chi connectivity index (χ1n) is 8.19. The number of hydrogen-bond donors (Lipinski definition) is 1. The molecule has 3 heterocycles. The highest BCUT2D eigenvalue weighted by Gasteiger charge is 2.32. The molecular weight excluding hydrogens is 437 g/mol. The first kappa shape index (κ1) is 20.8. The summed E-state index contributed by atoms with van der Waals surface area (Å²) in [5.41, 5.74) is 0.455. The van der Waals surface area contributed by atoms with Gasteiger partial charge in [0.15, 0.2) is 11.3 Å². The van der Waals surface area contributed by atoms with Crippen LogP contribution in [0.2, 0.25) is 10.2 Å². The quantitative estimate of drug-likeness (QED) is 0.455. The minimum Gasteiger partial charge on any atom is -0.351 e. The van der Waals surface area contributed by atoms with Crippen LogP contribution in [0.15, 0.2) is 12.1 Å². The molecule has 12 heteroatoms. The van der Waals surface area contributed by atoms with E-state index in [1.165, 1.54) is 10.7 Å². The minimum atomic E-state index is -3.64. The Morgan fingerprint density at radius 1 is 1.25 bits per heavy atom. The summed E-state index contributed by atoms with van der Waals surface area (Å²) >= 11 is 17.2. The SMILES string of the molecule is Cc1cc(C(F)(F)Cl)n2nc(C(=O)NCCCn3nc(C)c(Cl)c3Cl)cc2n1. The van der Waals surface area contributed by atoms with Gasteiger partial charge in [-0.25, -0.2) is 9.50 Å². The number of amides is 1. The highest BCUT2D eigenvalue weighted by Crippen LogP contribution is 2.32. The maximum atomic E-state index is 13.6. The van der Waals surface area contributed by atoms with Gasteiger partial charge in [-0.2, -0.15) is 19.0 Å². The number of carbonyl (C=O) groups excluding carboxylic acids is 1. The molecule has 0 aromatic carbocycles. The molecule has 0 fully saturated rings. The number of hydrogen-bond acceptors (Lipinski definition) is 4. The van der Waals surface area contributed by atoms with E-state index in [0.717, 1.165) is 10.6 Å². The third kappa shape index (κ3) is 4.21. The van der Waals surface area contributed by atoms with Gasteiger partial charge in [-0.05, 0) is 37.9 Å². The van der Waals surface area contributed by atoms with E-state index in [1.807, 2.05) is 0 Å². The fourth-order valence-electron chi connectivity index (χ4n) is 2.61. The van der Waals surface area contributed by atoms with Crippen LogP contribution < -0.4 is 5.32 Å². The fourth-order valence-corrected chi connectivity index (χ4v) is 3.14. The summed E-state index contributed by atoms with van der Waals surface area (Å²) in [4.78, 5) is 16.4. The molecule has 0 aliphatic heterocycles. The second-order valence-electron chi connectivity index (χ2n) is 6.10. The van der Waals surface area contributed by atoms with Crippen molar-refractivity contribution in [3.8, 4) is 0 Å². The molecule has 150 valence electrons. The van der Waals surface area contributed by atoms with Gasteiger partial charge in [0.25, 0.3) is 5.91 Å². The largest absolute Gasteiger partial charge is 0.364 e. The van der Waals surface area contributed by atoms with Crippen LogP contribution >= 0.6 is 34.8 Å². The number of aryl methyl sites for hydroxylation is 3. The highest BCUT2D eigenvalue weighted by atomic mass is 35.5. The van der Waals surface area contributed by atoms with E-state index in [9.17, 15) is 13.6 Å². The van der Waals surface area contributed by atoms with Crippen molar-refractivity contribution in [2.75, 3.05) is 6.54 Å². The summed E-state index contributed by atoms with van der Waals surface area (Å²) in [7, 11) is 0. The molecular formula is C16H15Cl3F2N6O. The van der Waals surface area contributed by atoms with Gasteiger partial charge < -0.3 is 5.32 Å². The van der Waals surface area contributed by atoms with Gasteiger partial charge in [0.05, 0.1) is 5.69 Å². The van der Waals surface area contributed by atoms with Crippen molar-refractivity contribution in [1.29, 1.82) is 0 Å². The molecule has 3 rings (SSSR count). The Balaban J connectivity index is 1.67. The lowest BCUT2D eigenvalue weighted by Crippen LogP contribution is -2.26. The molecule has 28 heavy (non-hydrogen) atoms. The Hall–Kier alpha value is -1.97. The van der Waals surface area contributed by atoms with Gasteiger partial charge in [0.2, 0.25) is 0 Å². The Kier molecular flexibility index (Phi) is 5.79. The van der Waals surface area contributed by atoms with Crippen molar-refractivity contribution in [1.82, 2.24) is 29.7 Å². The number of alkyl halides is 3. The molecule has 1 N–H and O–H groups in total. The maximum absolute atomic E-state index is 13.6. The normalized spacial score (nSPS) is 12.0. The molecule has 0 saturated heterocycles. The van der Waals surface area contributed by atoms with Crippen LogP contribution in [-0.2, 0) is 11.9 Å². The number of fused-ring (bicyclic) bond motifs is 1. The number of halogens is 5. The van der Waals surface area contributed by atoms with Crippen molar-refractivity contribution in [3.63, 3.8) is 0 Å². The first-order valence-corrected chi connectivity index (χ1v) is 9.32. The lowest BCUT2D eigenvalue weighted by atomic mass is 10.3. The van der Waals surface area contributed by atoms with Crippen LogP contribution in [0.1, 0.15) is 34.0 Å². The van der Waals surface area contributed by atoms with Crippen LogP contribution in [0.4, 0.5) is 8.78 Å². The van der Waals surface area contributed by atoms with E-state index in [2.05, 4.69) is 20.5 Å². The summed E-state index contributed by atoms with van der Waals surface area (Å²) in [6.07, 6.45) is 0.526. The number of rotatable bonds is 6. The zero-order valence-electron chi connectivity index (χ0n) is 14.8. The monoisotopic (exact) mass is 450 g/mol. The molecule has 0 saturated carbocycles. The van der Waals surface area contributed by atoms with Crippen LogP contribution in [0.3, 0.4) is 0 Å². The Bertz CT molecular complexity index is 1040. The predicted molar refractivity (Wildman–Crippen MR) is 101 cm³/mol. The molecule has 7 nitrogen and oxygen atoms in total. The number of nitrogens with zero attached hydrogens (tertiary/aromatic N) is 5. The van der Waals surface area contributed by atoms with Crippen LogP contribution in [0, 0.1) is 13.8 Å². The molecule has 0 bridgehead atoms. The van der Waals surface area contributed by atoms with E-state index in [-0.39, 0.29) is 11.3 Å². The summed E-state index contributed by atoms with van der Waals surface area (Å²) in [5, 5.41) is 7.84. The molecule has 3 aromatic heterocycles. The number of carbonyl (C=O) groups is 1. The Morgan fingerprint density at radius 3 is 2.57 bits per heavy atom. The summed E-state index contributed by atoms with van der Waals surface area (Å²) in [6.45, 7) is 4.03. The lowest BCUT2D eigenvalue weighted by molar-refractivity contribution is 0.0864. The molecule has 0 aliphatic carbocycles. The maximum Gasteiger partial charge on any atom is 0.364 e. The minimum absolute atomic E-state index is 0.0451. The van der Waals surface area contributed by atoms with Crippen molar-refractivity contribution < 1.29 is 13.6 Å². The van der Waals surface area contributed by atoms with E-state index in [0.29, 0.717) is 41.1 Å². The fraction of sp³-hybridized carbons (Fsp3) is 0.375. The van der Waals surface area contributed by atoms with Crippen molar-refractivity contribution >= 4 is 46.4 Å². The molecule has 0 atom stereocenters. The topological polar surface area (TPSA) is 77.1 Å². The standard InChI is InChI=1S/C16H15Cl3F2N6O/c1-8-6-11(16(19,20)21)27-12(23-8)7-10(25-27)15(28)22-4-3-5-26-14(18)13(17)9(2)24-26/h6-7H,3-5H2,1-2H3,(H,22,28). The van der Waals surface area contributed by atoms with Crippen molar-refractivity contribution in [3.05, 3.63) is 45.1 Å². The Morgan fingerprint density at radius 2 is 1.96 bits per heavy atom. The molecule has 0 spiro atoms.